The van der Waals surface area contributed by atoms with Crippen LogP contribution in [0.15, 0.2) is 28.7 Å². The molecule has 1 saturated carbocycles. The maximum Gasteiger partial charge on any atom is 0.230 e. The van der Waals surface area contributed by atoms with Crippen molar-refractivity contribution >= 4 is 0 Å². The van der Waals surface area contributed by atoms with Crippen LogP contribution in [0.25, 0.3) is 0 Å². The lowest BCUT2D eigenvalue weighted by atomic mass is 10.0. The molecule has 2 fully saturated rings. The van der Waals surface area contributed by atoms with Gasteiger partial charge in [-0.3, -0.25) is 4.90 Å². The fourth-order valence-electron chi connectivity index (χ4n) is 3.08. The first kappa shape index (κ1) is 13.0. The summed E-state index contributed by atoms with van der Waals surface area (Å²) in [6.45, 7) is 1.70. The SMILES string of the molecule is Fc1ccc([C@@H]2CCCN2Cc2nnc(C3CC3)o2)cc1. The number of aromatic nitrogens is 2. The number of hydrogen-bond donors (Lipinski definition) is 0. The highest BCUT2D eigenvalue weighted by molar-refractivity contribution is 5.21. The minimum atomic E-state index is -0.186. The lowest BCUT2D eigenvalue weighted by Crippen LogP contribution is -2.23. The summed E-state index contributed by atoms with van der Waals surface area (Å²) in [4.78, 5) is 2.34. The van der Waals surface area contributed by atoms with Gasteiger partial charge in [0.1, 0.15) is 5.82 Å². The molecule has 0 spiro atoms. The van der Waals surface area contributed by atoms with Gasteiger partial charge in [-0.1, -0.05) is 12.1 Å². The van der Waals surface area contributed by atoms with Gasteiger partial charge in [0.05, 0.1) is 6.54 Å². The zero-order chi connectivity index (χ0) is 14.2. The van der Waals surface area contributed by atoms with Gasteiger partial charge >= 0.3 is 0 Å². The average molecular weight is 287 g/mol. The summed E-state index contributed by atoms with van der Waals surface area (Å²) in [5.74, 6) is 1.81. The molecular formula is C16H18FN3O. The molecular weight excluding hydrogens is 269 g/mol. The van der Waals surface area contributed by atoms with E-state index in [0.717, 1.165) is 30.8 Å². The Morgan fingerprint density at radius 1 is 1.14 bits per heavy atom. The summed E-state index contributed by atoms with van der Waals surface area (Å²) in [5, 5.41) is 8.30. The van der Waals surface area contributed by atoms with Crippen LogP contribution in [0.5, 0.6) is 0 Å². The number of rotatable bonds is 4. The summed E-state index contributed by atoms with van der Waals surface area (Å²) >= 11 is 0. The van der Waals surface area contributed by atoms with Crippen LogP contribution in [0.4, 0.5) is 4.39 Å². The van der Waals surface area contributed by atoms with E-state index in [0.29, 0.717) is 24.4 Å². The van der Waals surface area contributed by atoms with Crippen molar-refractivity contribution < 1.29 is 8.81 Å². The lowest BCUT2D eigenvalue weighted by molar-refractivity contribution is 0.221. The second-order valence-corrected chi connectivity index (χ2v) is 5.99. The highest BCUT2D eigenvalue weighted by Crippen LogP contribution is 2.39. The highest BCUT2D eigenvalue weighted by atomic mass is 19.1. The summed E-state index contributed by atoms with van der Waals surface area (Å²) < 4.78 is 18.8. The molecule has 0 radical (unpaired) electrons. The third-order valence-electron chi connectivity index (χ3n) is 4.37. The van der Waals surface area contributed by atoms with Crippen LogP contribution in [0.1, 0.15) is 55.0 Å². The molecule has 2 heterocycles. The zero-order valence-electron chi connectivity index (χ0n) is 11.8. The van der Waals surface area contributed by atoms with E-state index in [-0.39, 0.29) is 5.82 Å². The second kappa shape index (κ2) is 5.22. The molecule has 2 aromatic rings. The van der Waals surface area contributed by atoms with E-state index in [2.05, 4.69) is 15.1 Å². The van der Waals surface area contributed by atoms with Crippen molar-refractivity contribution in [3.63, 3.8) is 0 Å². The molecule has 1 aromatic heterocycles. The van der Waals surface area contributed by atoms with Crippen molar-refractivity contribution in [3.8, 4) is 0 Å². The Morgan fingerprint density at radius 2 is 1.95 bits per heavy atom. The highest BCUT2D eigenvalue weighted by Gasteiger charge is 2.31. The smallest absolute Gasteiger partial charge is 0.230 e. The third-order valence-corrected chi connectivity index (χ3v) is 4.37. The first-order chi connectivity index (χ1) is 10.3. The Hall–Kier alpha value is -1.75. The Balaban J connectivity index is 1.48. The van der Waals surface area contributed by atoms with Crippen LogP contribution in [-0.4, -0.2) is 21.6 Å². The molecule has 1 aliphatic carbocycles. The van der Waals surface area contributed by atoms with Crippen LogP contribution >= 0.6 is 0 Å². The fourth-order valence-corrected chi connectivity index (χ4v) is 3.08. The first-order valence-electron chi connectivity index (χ1n) is 7.61. The third kappa shape index (κ3) is 2.70. The number of likely N-dealkylation sites (tertiary alicyclic amines) is 1. The van der Waals surface area contributed by atoms with E-state index in [9.17, 15) is 4.39 Å². The molecule has 1 saturated heterocycles. The van der Waals surface area contributed by atoms with Gasteiger partial charge in [-0.2, -0.15) is 0 Å². The summed E-state index contributed by atoms with van der Waals surface area (Å²) in [6, 6.07) is 7.14. The maximum absolute atomic E-state index is 13.1. The van der Waals surface area contributed by atoms with Gasteiger partial charge in [-0.25, -0.2) is 4.39 Å². The Kier molecular flexibility index (Phi) is 3.22. The number of nitrogens with zero attached hydrogens (tertiary/aromatic N) is 3. The molecule has 110 valence electrons. The van der Waals surface area contributed by atoms with Gasteiger partial charge in [0.25, 0.3) is 0 Å². The topological polar surface area (TPSA) is 42.2 Å². The number of hydrogen-bond acceptors (Lipinski definition) is 4. The fraction of sp³-hybridized carbons (Fsp3) is 0.500. The van der Waals surface area contributed by atoms with Gasteiger partial charge < -0.3 is 4.42 Å². The molecule has 21 heavy (non-hydrogen) atoms. The predicted molar refractivity (Wildman–Crippen MR) is 75.1 cm³/mol. The molecule has 0 amide bonds. The lowest BCUT2D eigenvalue weighted by Gasteiger charge is -2.23. The maximum atomic E-state index is 13.1. The van der Waals surface area contributed by atoms with Crippen molar-refractivity contribution in [3.05, 3.63) is 47.4 Å². The van der Waals surface area contributed by atoms with Crippen molar-refractivity contribution in [1.29, 1.82) is 0 Å². The normalized spacial score (nSPS) is 22.8. The quantitative estimate of drug-likeness (QED) is 0.864. The van der Waals surface area contributed by atoms with Crippen LogP contribution in [0.2, 0.25) is 0 Å². The average Bonchev–Trinajstić information content (AvgIpc) is 3.07. The molecule has 1 aromatic carbocycles. The summed E-state index contributed by atoms with van der Waals surface area (Å²) in [6.07, 6.45) is 4.58. The van der Waals surface area contributed by atoms with E-state index in [1.165, 1.54) is 25.0 Å². The number of benzene rings is 1. The van der Waals surface area contributed by atoms with Gasteiger partial charge in [-0.05, 0) is 49.9 Å². The molecule has 0 bridgehead atoms. The molecule has 4 nitrogen and oxygen atoms in total. The van der Waals surface area contributed by atoms with Gasteiger partial charge in [0, 0.05) is 12.0 Å². The molecule has 1 atom stereocenters. The van der Waals surface area contributed by atoms with Crippen molar-refractivity contribution in [1.82, 2.24) is 15.1 Å². The van der Waals surface area contributed by atoms with E-state index in [1.54, 1.807) is 0 Å². The van der Waals surface area contributed by atoms with Crippen LogP contribution in [-0.2, 0) is 6.54 Å². The standard InChI is InChI=1S/C16H18FN3O/c17-13-7-5-11(6-8-13)14-2-1-9-20(14)10-15-18-19-16(21-15)12-3-4-12/h5-8,12,14H,1-4,9-10H2/t14-/m0/s1. The second-order valence-electron chi connectivity index (χ2n) is 5.99. The van der Waals surface area contributed by atoms with Crippen molar-refractivity contribution in [2.24, 2.45) is 0 Å². The van der Waals surface area contributed by atoms with E-state index in [4.69, 9.17) is 4.42 Å². The largest absolute Gasteiger partial charge is 0.424 e. The summed E-state index contributed by atoms with van der Waals surface area (Å²) in [7, 11) is 0. The van der Waals surface area contributed by atoms with E-state index >= 15 is 0 Å². The van der Waals surface area contributed by atoms with Crippen molar-refractivity contribution in [2.45, 2.75) is 44.2 Å². The predicted octanol–water partition coefficient (Wildman–Crippen LogP) is 3.42. The Morgan fingerprint density at radius 3 is 2.71 bits per heavy atom. The first-order valence-corrected chi connectivity index (χ1v) is 7.61. The van der Waals surface area contributed by atoms with Crippen LogP contribution < -0.4 is 0 Å². The molecule has 2 aliphatic rings. The Labute approximate surface area is 123 Å². The monoisotopic (exact) mass is 287 g/mol. The minimum Gasteiger partial charge on any atom is -0.424 e. The molecule has 0 unspecified atom stereocenters. The minimum absolute atomic E-state index is 0.186. The zero-order valence-corrected chi connectivity index (χ0v) is 11.8. The molecule has 0 N–H and O–H groups in total. The van der Waals surface area contributed by atoms with E-state index in [1.807, 2.05) is 12.1 Å². The van der Waals surface area contributed by atoms with Gasteiger partial charge in [0.15, 0.2) is 0 Å². The van der Waals surface area contributed by atoms with Gasteiger partial charge in [0.2, 0.25) is 11.8 Å². The van der Waals surface area contributed by atoms with Crippen molar-refractivity contribution in [2.75, 3.05) is 6.54 Å². The molecule has 1 aliphatic heterocycles. The van der Waals surface area contributed by atoms with Crippen LogP contribution in [0.3, 0.4) is 0 Å². The molecule has 4 rings (SSSR count). The van der Waals surface area contributed by atoms with Crippen LogP contribution in [0, 0.1) is 5.82 Å². The Bertz CT molecular complexity index is 621. The molecule has 5 heteroatoms. The van der Waals surface area contributed by atoms with E-state index < -0.39 is 0 Å². The summed E-state index contributed by atoms with van der Waals surface area (Å²) in [5.41, 5.74) is 1.16. The number of halogens is 1. The van der Waals surface area contributed by atoms with Gasteiger partial charge in [-0.15, -0.1) is 10.2 Å².